The van der Waals surface area contributed by atoms with Gasteiger partial charge in [-0.1, -0.05) is 68.5 Å². The Balaban J connectivity index is 2.83. The number of benzene rings is 1. The summed E-state index contributed by atoms with van der Waals surface area (Å²) in [6.07, 6.45) is 9.38. The maximum atomic E-state index is 10.9. The van der Waals surface area contributed by atoms with Crippen LogP contribution >= 0.6 is 0 Å². The maximum Gasteiger partial charge on any atom is 0.241 e. The lowest BCUT2D eigenvalue weighted by Crippen LogP contribution is -2.35. The summed E-state index contributed by atoms with van der Waals surface area (Å²) in [7, 11) is 3.43. The Morgan fingerprint density at radius 2 is 1.73 bits per heavy atom. The van der Waals surface area contributed by atoms with Crippen LogP contribution in [-0.4, -0.2) is 32.3 Å². The fourth-order valence-electron chi connectivity index (χ4n) is 3.02. The molecule has 0 aliphatic carbocycles. The number of primary amides is 1. The number of amides is 1. The van der Waals surface area contributed by atoms with Gasteiger partial charge >= 0.3 is 0 Å². The largest absolute Gasteiger partial charge is 0.380 e. The molecule has 1 amide bonds. The van der Waals surface area contributed by atoms with Gasteiger partial charge in [0.25, 0.3) is 0 Å². The summed E-state index contributed by atoms with van der Waals surface area (Å²) in [5, 5.41) is 0. The third-order valence-electron chi connectivity index (χ3n) is 4.41. The van der Waals surface area contributed by atoms with Gasteiger partial charge in [0.05, 0.1) is 12.2 Å². The van der Waals surface area contributed by atoms with E-state index in [1.54, 1.807) is 14.2 Å². The predicted molar refractivity (Wildman–Crippen MR) is 107 cm³/mol. The van der Waals surface area contributed by atoms with E-state index < -0.39 is 5.91 Å². The lowest BCUT2D eigenvalue weighted by atomic mass is 9.88. The van der Waals surface area contributed by atoms with Crippen molar-refractivity contribution in [3.63, 3.8) is 0 Å². The molecule has 0 saturated heterocycles. The molecule has 0 fully saturated rings. The van der Waals surface area contributed by atoms with Crippen LogP contribution in [0.4, 0.5) is 0 Å². The molecule has 26 heavy (non-hydrogen) atoms. The second-order valence-corrected chi connectivity index (χ2v) is 6.54. The molecule has 4 heteroatoms. The molecule has 0 heterocycles. The van der Waals surface area contributed by atoms with Gasteiger partial charge in [-0.15, -0.1) is 0 Å². The van der Waals surface area contributed by atoms with Crippen molar-refractivity contribution in [1.82, 2.24) is 0 Å². The highest BCUT2D eigenvalue weighted by Crippen LogP contribution is 2.24. The Morgan fingerprint density at radius 1 is 1.08 bits per heavy atom. The Bertz CT molecular complexity index is 634. The van der Waals surface area contributed by atoms with Crippen LogP contribution in [0.5, 0.6) is 0 Å². The van der Waals surface area contributed by atoms with Gasteiger partial charge in [-0.3, -0.25) is 4.79 Å². The first-order valence-electron chi connectivity index (χ1n) is 8.83. The first-order valence-corrected chi connectivity index (χ1v) is 8.83. The predicted octanol–water partition coefficient (Wildman–Crippen LogP) is 3.99. The summed E-state index contributed by atoms with van der Waals surface area (Å²) < 4.78 is 11.4. The quantitative estimate of drug-likeness (QED) is 0.509. The van der Waals surface area contributed by atoms with E-state index in [1.165, 1.54) is 6.08 Å². The molecule has 4 nitrogen and oxygen atoms in total. The number of methoxy groups -OCH3 is 2. The van der Waals surface area contributed by atoms with Gasteiger partial charge in [-0.05, 0) is 18.1 Å². The molecule has 4 atom stereocenters. The van der Waals surface area contributed by atoms with Crippen molar-refractivity contribution in [3.05, 3.63) is 65.8 Å². The second kappa shape index (κ2) is 11.4. The van der Waals surface area contributed by atoms with Crippen LogP contribution in [0.25, 0.3) is 6.08 Å². The van der Waals surface area contributed by atoms with E-state index in [2.05, 4.69) is 38.1 Å². The van der Waals surface area contributed by atoms with E-state index in [0.717, 1.165) is 11.1 Å². The summed E-state index contributed by atoms with van der Waals surface area (Å²) >= 11 is 0. The summed E-state index contributed by atoms with van der Waals surface area (Å²) in [6, 6.07) is 10.1. The molecular formula is C22H31NO3. The van der Waals surface area contributed by atoms with Crippen molar-refractivity contribution < 1.29 is 14.3 Å². The summed E-state index contributed by atoms with van der Waals surface area (Å²) in [4.78, 5) is 10.9. The van der Waals surface area contributed by atoms with Crippen molar-refractivity contribution in [2.75, 3.05) is 14.2 Å². The van der Waals surface area contributed by atoms with E-state index >= 15 is 0 Å². The monoisotopic (exact) mass is 357 g/mol. The van der Waals surface area contributed by atoms with Gasteiger partial charge in [-0.25, -0.2) is 0 Å². The number of hydrogen-bond donors (Lipinski definition) is 1. The molecule has 2 N–H and O–H groups in total. The number of nitrogens with two attached hydrogens (primary N) is 1. The molecule has 0 unspecified atom stereocenters. The van der Waals surface area contributed by atoms with Crippen molar-refractivity contribution in [2.45, 2.75) is 33.0 Å². The van der Waals surface area contributed by atoms with Crippen LogP contribution < -0.4 is 5.73 Å². The highest BCUT2D eigenvalue weighted by Gasteiger charge is 2.27. The molecule has 0 saturated carbocycles. The molecule has 142 valence electrons. The van der Waals surface area contributed by atoms with Gasteiger partial charge in [0.1, 0.15) is 0 Å². The molecule has 0 radical (unpaired) electrons. The molecule has 1 aromatic carbocycles. The summed E-state index contributed by atoms with van der Waals surface area (Å²) in [6.45, 7) is 6.06. The van der Waals surface area contributed by atoms with Crippen LogP contribution in [0.15, 0.2) is 60.2 Å². The minimum Gasteiger partial charge on any atom is -0.380 e. The van der Waals surface area contributed by atoms with Crippen LogP contribution in [0.3, 0.4) is 0 Å². The number of rotatable bonds is 10. The van der Waals surface area contributed by atoms with Gasteiger partial charge in [-0.2, -0.15) is 0 Å². The van der Waals surface area contributed by atoms with Crippen molar-refractivity contribution in [3.8, 4) is 0 Å². The Kier molecular flexibility index (Phi) is 9.63. The zero-order chi connectivity index (χ0) is 19.5. The number of carbonyl (C=O) groups is 1. The maximum absolute atomic E-state index is 10.9. The highest BCUT2D eigenvalue weighted by atomic mass is 16.5. The smallest absolute Gasteiger partial charge is 0.241 e. The fraction of sp³-hybridized carbons (Fsp3) is 0.409. The Labute approximate surface area is 157 Å². The van der Waals surface area contributed by atoms with Crippen LogP contribution in [0, 0.1) is 11.8 Å². The minimum atomic E-state index is -0.443. The highest BCUT2D eigenvalue weighted by molar-refractivity contribution is 5.86. The van der Waals surface area contributed by atoms with Crippen molar-refractivity contribution in [2.24, 2.45) is 17.6 Å². The van der Waals surface area contributed by atoms with Crippen LogP contribution in [0.2, 0.25) is 0 Å². The fourth-order valence-corrected chi connectivity index (χ4v) is 3.02. The van der Waals surface area contributed by atoms with E-state index in [1.807, 2.05) is 37.3 Å². The number of carbonyl (C=O) groups excluding carboxylic acids is 1. The molecule has 1 rings (SSSR count). The van der Waals surface area contributed by atoms with Crippen LogP contribution in [-0.2, 0) is 14.3 Å². The lowest BCUT2D eigenvalue weighted by molar-refractivity contribution is -0.113. The zero-order valence-electron chi connectivity index (χ0n) is 16.4. The zero-order valence-corrected chi connectivity index (χ0v) is 16.4. The summed E-state index contributed by atoms with van der Waals surface area (Å²) in [5.41, 5.74) is 7.13. The topological polar surface area (TPSA) is 61.6 Å². The van der Waals surface area contributed by atoms with Gasteiger partial charge in [0.2, 0.25) is 5.91 Å². The van der Waals surface area contributed by atoms with E-state index in [4.69, 9.17) is 15.2 Å². The second-order valence-electron chi connectivity index (χ2n) is 6.54. The number of ether oxygens (including phenoxy) is 2. The molecule has 0 aliphatic heterocycles. The molecule has 0 aliphatic rings. The third-order valence-corrected chi connectivity index (χ3v) is 4.41. The Hall–Kier alpha value is -2.17. The molecule has 0 bridgehead atoms. The first-order chi connectivity index (χ1) is 12.4. The summed E-state index contributed by atoms with van der Waals surface area (Å²) in [5.74, 6) is -0.152. The number of hydrogen-bond acceptors (Lipinski definition) is 3. The normalized spacial score (nSPS) is 17.3. The SMILES string of the molecule is CO[C@H]([C@H](C)[C@H](/C=C/c1ccccc1)OC)[C@@H](C)/C=C\C(C)=C/C(N)=O. The van der Waals surface area contributed by atoms with Gasteiger partial charge in [0, 0.05) is 32.1 Å². The lowest BCUT2D eigenvalue weighted by Gasteiger charge is -2.30. The van der Waals surface area contributed by atoms with Crippen LogP contribution in [0.1, 0.15) is 26.3 Å². The average Bonchev–Trinajstić information content (AvgIpc) is 2.61. The Morgan fingerprint density at radius 3 is 2.27 bits per heavy atom. The standard InChI is InChI=1S/C22H31NO3/c1-16(15-21(23)24)11-12-17(2)22(26-5)18(3)20(25-4)14-13-19-9-7-6-8-10-19/h6-15,17-18,20,22H,1-5H3,(H2,23,24)/b12-11-,14-13+,16-15-/t17-,18+,20-,22-/m0/s1. The van der Waals surface area contributed by atoms with E-state index in [-0.39, 0.29) is 24.0 Å². The first kappa shape index (κ1) is 21.9. The molecule has 1 aromatic rings. The molecule has 0 aromatic heterocycles. The van der Waals surface area contributed by atoms with E-state index in [9.17, 15) is 4.79 Å². The number of allylic oxidation sites excluding steroid dienone is 2. The van der Waals surface area contributed by atoms with Crippen molar-refractivity contribution >= 4 is 12.0 Å². The average molecular weight is 357 g/mol. The molecule has 0 spiro atoms. The van der Waals surface area contributed by atoms with E-state index in [0.29, 0.717) is 0 Å². The minimum absolute atomic E-state index is 0.0296. The molecular weight excluding hydrogens is 326 g/mol. The third kappa shape index (κ3) is 7.38. The van der Waals surface area contributed by atoms with Gasteiger partial charge < -0.3 is 15.2 Å². The van der Waals surface area contributed by atoms with Crippen molar-refractivity contribution in [1.29, 1.82) is 0 Å². The van der Waals surface area contributed by atoms with Gasteiger partial charge in [0.15, 0.2) is 0 Å².